The first-order valence-electron chi connectivity index (χ1n) is 9.43. The normalized spacial score (nSPS) is 12.6. The zero-order valence-electron chi connectivity index (χ0n) is 16.1. The molecule has 0 bridgehead atoms. The Bertz CT molecular complexity index is 712. The number of aliphatic hydroxyl groups is 1. The number of hydrogen-bond donors (Lipinski definition) is 2. The van der Waals surface area contributed by atoms with E-state index in [1.54, 1.807) is 7.11 Å². The zero-order valence-corrected chi connectivity index (χ0v) is 16.1. The van der Waals surface area contributed by atoms with Crippen molar-refractivity contribution in [2.75, 3.05) is 27.1 Å². The van der Waals surface area contributed by atoms with Gasteiger partial charge in [-0.2, -0.15) is 0 Å². The Morgan fingerprint density at radius 2 is 1.21 bits per heavy atom. The molecule has 3 rings (SSSR count). The summed E-state index contributed by atoms with van der Waals surface area (Å²) < 4.78 is 10.5. The highest BCUT2D eigenvalue weighted by molar-refractivity contribution is 5.49. The summed E-state index contributed by atoms with van der Waals surface area (Å²) in [6.07, 6.45) is 0. The molecule has 0 aliphatic heterocycles. The molecule has 4 heteroatoms. The van der Waals surface area contributed by atoms with Gasteiger partial charge in [0, 0.05) is 7.11 Å². The molecule has 0 radical (unpaired) electrons. The van der Waals surface area contributed by atoms with Gasteiger partial charge in [0.1, 0.15) is 6.79 Å². The van der Waals surface area contributed by atoms with Crippen LogP contribution in [0.5, 0.6) is 0 Å². The van der Waals surface area contributed by atoms with Gasteiger partial charge in [0.25, 0.3) is 0 Å². The van der Waals surface area contributed by atoms with E-state index in [9.17, 15) is 5.11 Å². The van der Waals surface area contributed by atoms with E-state index in [1.807, 2.05) is 54.6 Å². The molecule has 28 heavy (non-hydrogen) atoms. The molecule has 0 heterocycles. The first kappa shape index (κ1) is 20.2. The Hall–Kier alpha value is -2.50. The van der Waals surface area contributed by atoms with E-state index in [1.165, 1.54) is 0 Å². The van der Waals surface area contributed by atoms with Crippen molar-refractivity contribution in [3.63, 3.8) is 0 Å². The molecule has 146 valence electrons. The summed E-state index contributed by atoms with van der Waals surface area (Å²) in [4.78, 5) is 0. The number of methoxy groups -OCH3 is 1. The molecule has 0 saturated carbocycles. The fourth-order valence-electron chi connectivity index (χ4n) is 3.53. The Balaban J connectivity index is 2.13. The lowest BCUT2D eigenvalue weighted by Crippen LogP contribution is -2.52. The predicted octanol–water partition coefficient (Wildman–Crippen LogP) is 3.55. The molecular formula is C24H27NO3. The molecule has 0 fully saturated rings. The van der Waals surface area contributed by atoms with Crippen LogP contribution >= 0.6 is 0 Å². The summed E-state index contributed by atoms with van der Waals surface area (Å²) in [5.74, 6) is 0. The van der Waals surface area contributed by atoms with Gasteiger partial charge >= 0.3 is 0 Å². The Labute approximate surface area is 166 Å². The fraction of sp³-hybridized carbons (Fsp3) is 0.250. The Morgan fingerprint density at radius 1 is 0.786 bits per heavy atom. The number of nitrogens with one attached hydrogen (secondary N) is 1. The van der Waals surface area contributed by atoms with Gasteiger partial charge in [-0.15, -0.1) is 0 Å². The monoisotopic (exact) mass is 377 g/mol. The van der Waals surface area contributed by atoms with E-state index in [0.29, 0.717) is 6.61 Å². The molecule has 1 unspecified atom stereocenters. The standard InChI is InChI=1S/C24H27NO3/c1-27-19-28-18-23(17-26)25-24(20-11-5-2-6-12-20,21-13-7-3-8-14-21)22-15-9-4-10-16-22/h2-16,23,25-26H,17-19H2,1H3. The minimum Gasteiger partial charge on any atom is -0.395 e. The van der Waals surface area contributed by atoms with Gasteiger partial charge in [-0.25, -0.2) is 0 Å². The van der Waals surface area contributed by atoms with Crippen molar-refractivity contribution in [3.05, 3.63) is 108 Å². The molecular weight excluding hydrogens is 350 g/mol. The largest absolute Gasteiger partial charge is 0.395 e. The lowest BCUT2D eigenvalue weighted by molar-refractivity contribution is -0.0440. The van der Waals surface area contributed by atoms with Crippen LogP contribution in [-0.2, 0) is 15.0 Å². The van der Waals surface area contributed by atoms with Gasteiger partial charge in [-0.3, -0.25) is 5.32 Å². The fourth-order valence-corrected chi connectivity index (χ4v) is 3.53. The number of ether oxygens (including phenoxy) is 2. The van der Waals surface area contributed by atoms with E-state index in [-0.39, 0.29) is 19.4 Å². The molecule has 3 aromatic rings. The maximum atomic E-state index is 10.0. The molecule has 0 saturated heterocycles. The molecule has 3 aromatic carbocycles. The molecule has 2 N–H and O–H groups in total. The van der Waals surface area contributed by atoms with Crippen molar-refractivity contribution in [1.82, 2.24) is 5.32 Å². The van der Waals surface area contributed by atoms with E-state index < -0.39 is 5.54 Å². The molecule has 4 nitrogen and oxygen atoms in total. The van der Waals surface area contributed by atoms with Crippen LogP contribution < -0.4 is 5.32 Å². The van der Waals surface area contributed by atoms with Crippen LogP contribution in [-0.4, -0.2) is 38.3 Å². The van der Waals surface area contributed by atoms with Crippen molar-refractivity contribution >= 4 is 0 Å². The molecule has 1 atom stereocenters. The molecule has 0 aliphatic carbocycles. The summed E-state index contributed by atoms with van der Waals surface area (Å²) in [6.45, 7) is 0.462. The maximum Gasteiger partial charge on any atom is 0.146 e. The van der Waals surface area contributed by atoms with Gasteiger partial charge < -0.3 is 14.6 Å². The molecule has 0 aliphatic rings. The Kier molecular flexibility index (Phi) is 7.34. The van der Waals surface area contributed by atoms with Gasteiger partial charge in [-0.1, -0.05) is 91.0 Å². The van der Waals surface area contributed by atoms with Crippen LogP contribution in [0.3, 0.4) is 0 Å². The average Bonchev–Trinajstić information content (AvgIpc) is 2.78. The minimum atomic E-state index is -0.631. The summed E-state index contributed by atoms with van der Waals surface area (Å²) >= 11 is 0. The second-order valence-corrected chi connectivity index (χ2v) is 6.65. The quantitative estimate of drug-likeness (QED) is 0.322. The third kappa shape index (κ3) is 4.49. The first-order valence-corrected chi connectivity index (χ1v) is 9.43. The van der Waals surface area contributed by atoms with Crippen molar-refractivity contribution in [3.8, 4) is 0 Å². The maximum absolute atomic E-state index is 10.0. The third-order valence-electron chi connectivity index (χ3n) is 4.78. The summed E-state index contributed by atoms with van der Waals surface area (Å²) in [5, 5.41) is 13.7. The molecule has 0 spiro atoms. The van der Waals surface area contributed by atoms with E-state index >= 15 is 0 Å². The Morgan fingerprint density at radius 3 is 1.57 bits per heavy atom. The smallest absolute Gasteiger partial charge is 0.146 e. The second kappa shape index (κ2) is 10.2. The topological polar surface area (TPSA) is 50.7 Å². The highest BCUT2D eigenvalue weighted by atomic mass is 16.7. The SMILES string of the molecule is COCOCC(CO)NC(c1ccccc1)(c1ccccc1)c1ccccc1. The van der Waals surface area contributed by atoms with Gasteiger partial charge in [0.15, 0.2) is 0 Å². The van der Waals surface area contributed by atoms with Crippen LogP contribution in [0.4, 0.5) is 0 Å². The molecule has 0 aromatic heterocycles. The summed E-state index contributed by atoms with van der Waals surface area (Å²) in [6, 6.07) is 30.6. The number of hydrogen-bond acceptors (Lipinski definition) is 4. The lowest BCUT2D eigenvalue weighted by atomic mass is 9.76. The van der Waals surface area contributed by atoms with E-state index in [0.717, 1.165) is 16.7 Å². The van der Waals surface area contributed by atoms with Gasteiger partial charge in [-0.05, 0) is 16.7 Å². The van der Waals surface area contributed by atoms with Crippen molar-refractivity contribution < 1.29 is 14.6 Å². The van der Waals surface area contributed by atoms with Crippen molar-refractivity contribution in [2.24, 2.45) is 0 Å². The van der Waals surface area contributed by atoms with Crippen LogP contribution in [0, 0.1) is 0 Å². The average molecular weight is 377 g/mol. The number of aliphatic hydroxyl groups excluding tert-OH is 1. The summed E-state index contributed by atoms with van der Waals surface area (Å²) in [5.41, 5.74) is 2.65. The van der Waals surface area contributed by atoms with E-state index in [4.69, 9.17) is 9.47 Å². The van der Waals surface area contributed by atoms with Crippen molar-refractivity contribution in [1.29, 1.82) is 0 Å². The highest BCUT2D eigenvalue weighted by Gasteiger charge is 2.37. The first-order chi connectivity index (χ1) is 13.8. The van der Waals surface area contributed by atoms with Gasteiger partial charge in [0.2, 0.25) is 0 Å². The molecule has 0 amide bonds. The zero-order chi connectivity index (χ0) is 19.7. The predicted molar refractivity (Wildman–Crippen MR) is 111 cm³/mol. The van der Waals surface area contributed by atoms with Crippen LogP contribution in [0.25, 0.3) is 0 Å². The van der Waals surface area contributed by atoms with Crippen molar-refractivity contribution in [2.45, 2.75) is 11.6 Å². The third-order valence-corrected chi connectivity index (χ3v) is 4.78. The van der Waals surface area contributed by atoms with Crippen LogP contribution in [0.1, 0.15) is 16.7 Å². The van der Waals surface area contributed by atoms with Crippen LogP contribution in [0.15, 0.2) is 91.0 Å². The minimum absolute atomic E-state index is 0.0576. The van der Waals surface area contributed by atoms with E-state index in [2.05, 4.69) is 41.7 Å². The highest BCUT2D eigenvalue weighted by Crippen LogP contribution is 2.37. The number of benzene rings is 3. The lowest BCUT2D eigenvalue weighted by Gasteiger charge is -2.39. The van der Waals surface area contributed by atoms with Gasteiger partial charge in [0.05, 0.1) is 24.8 Å². The number of rotatable bonds is 10. The second-order valence-electron chi connectivity index (χ2n) is 6.65. The van der Waals surface area contributed by atoms with Crippen LogP contribution in [0.2, 0.25) is 0 Å². The summed E-state index contributed by atoms with van der Waals surface area (Å²) in [7, 11) is 1.59.